The molecule has 1 fully saturated rings. The molecule has 0 bridgehead atoms. The highest BCUT2D eigenvalue weighted by Crippen LogP contribution is 2.18. The lowest BCUT2D eigenvalue weighted by Gasteiger charge is -2.32. The Morgan fingerprint density at radius 3 is 3.05 bits per heavy atom. The van der Waals surface area contributed by atoms with Crippen molar-refractivity contribution in [2.24, 2.45) is 0 Å². The molecule has 1 unspecified atom stereocenters. The molecule has 1 aromatic carbocycles. The number of carbonyl (C=O) groups excluding carboxylic acids is 1. The number of rotatable bonds is 4. The molecule has 1 aliphatic heterocycles. The van der Waals surface area contributed by atoms with Gasteiger partial charge in [0, 0.05) is 24.1 Å². The second-order valence-electron chi connectivity index (χ2n) is 4.79. The minimum absolute atomic E-state index is 0.159. The number of methoxy groups -OCH3 is 1. The quantitative estimate of drug-likeness (QED) is 0.785. The number of carbonyl (C=O) groups is 1. The molecule has 20 heavy (non-hydrogen) atoms. The van der Waals surface area contributed by atoms with E-state index in [0.29, 0.717) is 19.7 Å². The third-order valence-corrected chi connectivity index (χ3v) is 3.63. The zero-order chi connectivity index (χ0) is 14.5. The molecule has 0 aromatic heterocycles. The number of esters is 1. The van der Waals surface area contributed by atoms with Gasteiger partial charge in [0.2, 0.25) is 0 Å². The summed E-state index contributed by atoms with van der Waals surface area (Å²) in [5.41, 5.74) is 0.899. The molecule has 6 heteroatoms. The second-order valence-corrected chi connectivity index (χ2v) is 5.70. The molecule has 0 spiro atoms. The van der Waals surface area contributed by atoms with Crippen LogP contribution in [-0.2, 0) is 20.8 Å². The normalized spacial score (nSPS) is 19.9. The smallest absolute Gasteiger partial charge is 0.308 e. The predicted molar refractivity (Wildman–Crippen MR) is 75.8 cm³/mol. The van der Waals surface area contributed by atoms with Crippen molar-refractivity contribution >= 4 is 21.9 Å². The number of morpholine rings is 1. The van der Waals surface area contributed by atoms with Crippen LogP contribution in [-0.4, -0.2) is 43.8 Å². The Labute approximate surface area is 126 Å². The van der Waals surface area contributed by atoms with Crippen LogP contribution in [0.1, 0.15) is 12.0 Å². The van der Waals surface area contributed by atoms with Crippen molar-refractivity contribution in [3.63, 3.8) is 0 Å². The predicted octanol–water partition coefficient (Wildman–Crippen LogP) is 2.35. The lowest BCUT2D eigenvalue weighted by Crippen LogP contribution is -2.42. The molecule has 110 valence electrons. The molecular weight excluding hydrogens is 329 g/mol. The molecule has 2 rings (SSSR count). The van der Waals surface area contributed by atoms with Crippen LogP contribution in [0.2, 0.25) is 0 Å². The molecule has 1 heterocycles. The van der Waals surface area contributed by atoms with Crippen LogP contribution in [0.15, 0.2) is 22.7 Å². The minimum atomic E-state index is -0.273. The Hall–Kier alpha value is -0.980. The molecule has 1 atom stereocenters. The van der Waals surface area contributed by atoms with E-state index in [-0.39, 0.29) is 24.3 Å². The minimum Gasteiger partial charge on any atom is -0.469 e. The van der Waals surface area contributed by atoms with Crippen LogP contribution in [0.25, 0.3) is 0 Å². The number of hydrogen-bond donors (Lipinski definition) is 0. The van der Waals surface area contributed by atoms with E-state index in [4.69, 9.17) is 4.74 Å². The van der Waals surface area contributed by atoms with Crippen molar-refractivity contribution in [1.82, 2.24) is 4.90 Å². The molecular formula is C14H17BrFNO3. The lowest BCUT2D eigenvalue weighted by molar-refractivity contribution is -0.145. The Bertz CT molecular complexity index is 463. The van der Waals surface area contributed by atoms with Crippen molar-refractivity contribution in [3.8, 4) is 0 Å². The summed E-state index contributed by atoms with van der Waals surface area (Å²) in [6, 6.07) is 4.85. The highest BCUT2D eigenvalue weighted by Gasteiger charge is 2.23. The van der Waals surface area contributed by atoms with Gasteiger partial charge in [-0.25, -0.2) is 4.39 Å². The summed E-state index contributed by atoms with van der Waals surface area (Å²) in [6.07, 6.45) is 0.0908. The fourth-order valence-electron chi connectivity index (χ4n) is 2.28. The first-order valence-electron chi connectivity index (χ1n) is 6.42. The summed E-state index contributed by atoms with van der Waals surface area (Å²) in [6.45, 7) is 2.62. The van der Waals surface area contributed by atoms with Gasteiger partial charge in [-0.3, -0.25) is 9.69 Å². The van der Waals surface area contributed by atoms with E-state index in [0.717, 1.165) is 16.6 Å². The van der Waals surface area contributed by atoms with E-state index >= 15 is 0 Å². The van der Waals surface area contributed by atoms with Gasteiger partial charge in [-0.2, -0.15) is 0 Å². The van der Waals surface area contributed by atoms with Crippen molar-refractivity contribution in [2.45, 2.75) is 19.1 Å². The van der Waals surface area contributed by atoms with Crippen LogP contribution < -0.4 is 0 Å². The Balaban J connectivity index is 1.93. The maximum atomic E-state index is 13.3. The summed E-state index contributed by atoms with van der Waals surface area (Å²) in [7, 11) is 1.37. The van der Waals surface area contributed by atoms with Crippen molar-refractivity contribution < 1.29 is 18.7 Å². The maximum Gasteiger partial charge on any atom is 0.308 e. The molecule has 0 aliphatic carbocycles. The molecule has 0 N–H and O–H groups in total. The maximum absolute atomic E-state index is 13.3. The average Bonchev–Trinajstić information content (AvgIpc) is 2.37. The van der Waals surface area contributed by atoms with Crippen LogP contribution in [0.4, 0.5) is 4.39 Å². The third-order valence-electron chi connectivity index (χ3n) is 3.17. The average molecular weight is 346 g/mol. The zero-order valence-corrected chi connectivity index (χ0v) is 12.9. The fraction of sp³-hybridized carbons (Fsp3) is 0.500. The number of ether oxygens (including phenoxy) is 2. The Morgan fingerprint density at radius 2 is 2.35 bits per heavy atom. The lowest BCUT2D eigenvalue weighted by atomic mass is 10.1. The summed E-state index contributed by atoms with van der Waals surface area (Å²) in [5.74, 6) is -0.529. The van der Waals surface area contributed by atoms with E-state index < -0.39 is 0 Å². The first-order chi connectivity index (χ1) is 9.56. The van der Waals surface area contributed by atoms with Gasteiger partial charge in [0.25, 0.3) is 0 Å². The highest BCUT2D eigenvalue weighted by molar-refractivity contribution is 9.10. The molecule has 4 nitrogen and oxygen atoms in total. The largest absolute Gasteiger partial charge is 0.469 e. The van der Waals surface area contributed by atoms with Crippen LogP contribution in [0, 0.1) is 5.82 Å². The van der Waals surface area contributed by atoms with Gasteiger partial charge in [0.15, 0.2) is 0 Å². The van der Waals surface area contributed by atoms with E-state index in [1.807, 2.05) is 6.07 Å². The van der Waals surface area contributed by atoms with Gasteiger partial charge in [-0.15, -0.1) is 0 Å². The van der Waals surface area contributed by atoms with Gasteiger partial charge < -0.3 is 9.47 Å². The third kappa shape index (κ3) is 4.54. The summed E-state index contributed by atoms with van der Waals surface area (Å²) >= 11 is 3.29. The molecule has 0 radical (unpaired) electrons. The zero-order valence-electron chi connectivity index (χ0n) is 11.3. The van der Waals surface area contributed by atoms with E-state index in [9.17, 15) is 9.18 Å². The number of nitrogens with zero attached hydrogens (tertiary/aromatic N) is 1. The molecule has 0 amide bonds. The standard InChI is InChI=1S/C14H17BrFNO3/c1-19-14(18)7-13-9-17(2-3-20-13)8-10-4-11(15)6-12(16)5-10/h4-6,13H,2-3,7-9H2,1H3. The fourth-order valence-corrected chi connectivity index (χ4v) is 2.79. The van der Waals surface area contributed by atoms with Gasteiger partial charge >= 0.3 is 5.97 Å². The molecule has 1 saturated heterocycles. The van der Waals surface area contributed by atoms with Crippen molar-refractivity contribution in [3.05, 3.63) is 34.1 Å². The van der Waals surface area contributed by atoms with Gasteiger partial charge in [0.1, 0.15) is 5.82 Å². The van der Waals surface area contributed by atoms with Crippen molar-refractivity contribution in [1.29, 1.82) is 0 Å². The van der Waals surface area contributed by atoms with Gasteiger partial charge in [-0.1, -0.05) is 15.9 Å². The number of benzene rings is 1. The summed E-state index contributed by atoms with van der Waals surface area (Å²) in [4.78, 5) is 13.4. The van der Waals surface area contributed by atoms with Crippen LogP contribution >= 0.6 is 15.9 Å². The first-order valence-corrected chi connectivity index (χ1v) is 7.22. The van der Waals surface area contributed by atoms with Gasteiger partial charge in [-0.05, 0) is 23.8 Å². The topological polar surface area (TPSA) is 38.8 Å². The second kappa shape index (κ2) is 7.15. The van der Waals surface area contributed by atoms with Crippen molar-refractivity contribution in [2.75, 3.05) is 26.8 Å². The monoisotopic (exact) mass is 345 g/mol. The van der Waals surface area contributed by atoms with Gasteiger partial charge in [0.05, 0.1) is 26.2 Å². The first kappa shape index (κ1) is 15.4. The summed E-state index contributed by atoms with van der Waals surface area (Å²) < 4.78 is 24.3. The molecule has 1 aromatic rings. The number of halogens is 2. The SMILES string of the molecule is COC(=O)CC1CN(Cc2cc(F)cc(Br)c2)CCO1. The number of hydrogen-bond acceptors (Lipinski definition) is 4. The summed E-state index contributed by atoms with van der Waals surface area (Å²) in [5, 5.41) is 0. The van der Waals surface area contributed by atoms with E-state index in [2.05, 4.69) is 25.6 Å². The highest BCUT2D eigenvalue weighted by atomic mass is 79.9. The Morgan fingerprint density at radius 1 is 1.55 bits per heavy atom. The van der Waals surface area contributed by atoms with Crippen LogP contribution in [0.3, 0.4) is 0 Å². The molecule has 0 saturated carbocycles. The van der Waals surface area contributed by atoms with E-state index in [1.165, 1.54) is 19.2 Å². The van der Waals surface area contributed by atoms with E-state index in [1.54, 1.807) is 0 Å². The van der Waals surface area contributed by atoms with Crippen LogP contribution in [0.5, 0.6) is 0 Å². The molecule has 1 aliphatic rings. The Kier molecular flexibility index (Phi) is 5.51.